The molecule has 3 aromatic heterocycles. The molecule has 4 aromatic rings. The molecule has 4 heterocycles. The Morgan fingerprint density at radius 1 is 1.09 bits per heavy atom. The van der Waals surface area contributed by atoms with E-state index in [0.717, 1.165) is 44.8 Å². The molecule has 0 aliphatic carbocycles. The van der Waals surface area contributed by atoms with Gasteiger partial charge in [-0.3, -0.25) is 9.69 Å². The third kappa shape index (κ3) is 3.71. The highest BCUT2D eigenvalue weighted by molar-refractivity contribution is 9.10. The second-order valence-electron chi connectivity index (χ2n) is 8.42. The van der Waals surface area contributed by atoms with Gasteiger partial charge in [-0.25, -0.2) is 4.98 Å². The summed E-state index contributed by atoms with van der Waals surface area (Å²) in [5, 5.41) is 11.1. The molecule has 1 aromatic carbocycles. The molecule has 0 N–H and O–H groups in total. The number of aromatic nitrogens is 3. The van der Waals surface area contributed by atoms with E-state index in [1.165, 1.54) is 21.0 Å². The number of aryl methyl sites for hydroxylation is 2. The van der Waals surface area contributed by atoms with Gasteiger partial charge in [-0.1, -0.05) is 12.1 Å². The van der Waals surface area contributed by atoms with E-state index in [9.17, 15) is 10.1 Å². The van der Waals surface area contributed by atoms with E-state index in [1.807, 2.05) is 12.1 Å². The van der Waals surface area contributed by atoms with E-state index in [4.69, 9.17) is 0 Å². The van der Waals surface area contributed by atoms with Gasteiger partial charge >= 0.3 is 0 Å². The smallest absolute Gasteiger partial charge is 0.270 e. The van der Waals surface area contributed by atoms with E-state index in [2.05, 4.69) is 78.7 Å². The van der Waals surface area contributed by atoms with Crippen LogP contribution >= 0.6 is 15.9 Å². The van der Waals surface area contributed by atoms with E-state index in [-0.39, 0.29) is 11.1 Å². The van der Waals surface area contributed by atoms with Crippen LogP contribution < -0.4 is 10.5 Å². The Kier molecular flexibility index (Phi) is 5.69. The molecule has 7 nitrogen and oxygen atoms in total. The van der Waals surface area contributed by atoms with E-state index in [0.29, 0.717) is 15.8 Å². The lowest BCUT2D eigenvalue weighted by Gasteiger charge is -2.36. The largest absolute Gasteiger partial charge is 0.366 e. The van der Waals surface area contributed by atoms with Gasteiger partial charge in [0.2, 0.25) is 0 Å². The molecule has 0 bridgehead atoms. The van der Waals surface area contributed by atoms with Crippen LogP contribution in [0.2, 0.25) is 0 Å². The Morgan fingerprint density at radius 2 is 1.88 bits per heavy atom. The van der Waals surface area contributed by atoms with Crippen LogP contribution in [-0.2, 0) is 20.1 Å². The van der Waals surface area contributed by atoms with Gasteiger partial charge in [0, 0.05) is 63.4 Å². The minimum Gasteiger partial charge on any atom is -0.366 e. The molecule has 0 saturated carbocycles. The zero-order chi connectivity index (χ0) is 23.1. The number of hydrogen-bond acceptors (Lipinski definition) is 5. The maximum Gasteiger partial charge on any atom is 0.270 e. The van der Waals surface area contributed by atoms with Gasteiger partial charge in [-0.2, -0.15) is 5.26 Å². The van der Waals surface area contributed by atoms with Crippen LogP contribution in [-0.4, -0.2) is 45.2 Å². The van der Waals surface area contributed by atoms with Gasteiger partial charge in [0.15, 0.2) is 0 Å². The molecule has 0 spiro atoms. The minimum atomic E-state index is -0.279. The standard InChI is InChI=1S/C25H25BrN6O/c1-3-31-10-9-18-17(5-4-6-20(18)31)16-30-11-13-32(14-12-30)24-19(15-27)25(33)29(2)21-7-8-22(26)28-23(21)24/h4-10H,3,11-14,16H2,1-2H3. The Morgan fingerprint density at radius 3 is 2.61 bits per heavy atom. The Hall–Kier alpha value is -3.15. The van der Waals surface area contributed by atoms with Gasteiger partial charge in [0.05, 0.1) is 11.2 Å². The van der Waals surface area contributed by atoms with Crippen molar-refractivity contribution in [3.8, 4) is 6.07 Å². The highest BCUT2D eigenvalue weighted by Gasteiger charge is 2.25. The summed E-state index contributed by atoms with van der Waals surface area (Å²) in [5.74, 6) is 0. The molecule has 5 rings (SSSR count). The number of halogens is 1. The molecule has 1 saturated heterocycles. The highest BCUT2D eigenvalue weighted by Crippen LogP contribution is 2.30. The number of benzene rings is 1. The Balaban J connectivity index is 1.43. The van der Waals surface area contributed by atoms with Crippen LogP contribution in [0, 0.1) is 11.3 Å². The number of hydrogen-bond donors (Lipinski definition) is 0. The summed E-state index contributed by atoms with van der Waals surface area (Å²) in [5.41, 5.74) is 4.55. The molecule has 0 amide bonds. The molecule has 8 heteroatoms. The summed E-state index contributed by atoms with van der Waals surface area (Å²) >= 11 is 3.44. The lowest BCUT2D eigenvalue weighted by molar-refractivity contribution is 0.251. The number of piperazine rings is 1. The van der Waals surface area contributed by atoms with Gasteiger partial charge < -0.3 is 14.0 Å². The SMILES string of the molecule is CCn1ccc2c(CN3CCN(c4c(C#N)c(=O)n(C)c5ccc(Br)nc45)CC3)cccc21. The van der Waals surface area contributed by atoms with Crippen molar-refractivity contribution in [2.24, 2.45) is 7.05 Å². The highest BCUT2D eigenvalue weighted by atomic mass is 79.9. The zero-order valence-corrected chi connectivity index (χ0v) is 20.3. The molecule has 1 aliphatic heterocycles. The monoisotopic (exact) mass is 504 g/mol. The van der Waals surface area contributed by atoms with Crippen molar-refractivity contribution in [2.45, 2.75) is 20.0 Å². The molecule has 0 unspecified atom stereocenters. The van der Waals surface area contributed by atoms with E-state index < -0.39 is 0 Å². The maximum absolute atomic E-state index is 12.9. The lowest BCUT2D eigenvalue weighted by Crippen LogP contribution is -2.47. The first-order chi connectivity index (χ1) is 16.0. The number of nitrogens with zero attached hydrogens (tertiary/aromatic N) is 6. The third-order valence-corrected chi connectivity index (χ3v) is 7.06. The number of anilines is 1. The van der Waals surface area contributed by atoms with Crippen molar-refractivity contribution >= 4 is 43.6 Å². The van der Waals surface area contributed by atoms with Gasteiger partial charge in [0.25, 0.3) is 5.56 Å². The van der Waals surface area contributed by atoms with Gasteiger partial charge in [0.1, 0.15) is 21.8 Å². The Bertz CT molecular complexity index is 1460. The number of pyridine rings is 2. The summed E-state index contributed by atoms with van der Waals surface area (Å²) < 4.78 is 4.47. The summed E-state index contributed by atoms with van der Waals surface area (Å²) in [6.45, 7) is 7.16. The topological polar surface area (TPSA) is 70.1 Å². The van der Waals surface area contributed by atoms with Crippen molar-refractivity contribution < 1.29 is 0 Å². The van der Waals surface area contributed by atoms with Crippen molar-refractivity contribution in [3.63, 3.8) is 0 Å². The minimum absolute atomic E-state index is 0.162. The zero-order valence-electron chi connectivity index (χ0n) is 18.8. The van der Waals surface area contributed by atoms with Crippen molar-refractivity contribution in [1.82, 2.24) is 19.0 Å². The summed E-state index contributed by atoms with van der Waals surface area (Å²) in [4.78, 5) is 22.1. The normalized spacial score (nSPS) is 14.8. The summed E-state index contributed by atoms with van der Waals surface area (Å²) in [7, 11) is 1.69. The quantitative estimate of drug-likeness (QED) is 0.394. The van der Waals surface area contributed by atoms with Crippen LogP contribution in [0.5, 0.6) is 0 Å². The van der Waals surface area contributed by atoms with Gasteiger partial charge in [-0.05, 0) is 52.7 Å². The first kappa shape index (κ1) is 21.7. The number of rotatable bonds is 4. The third-order valence-electron chi connectivity index (χ3n) is 6.62. The molecule has 0 radical (unpaired) electrons. The first-order valence-corrected chi connectivity index (χ1v) is 11.9. The second-order valence-corrected chi connectivity index (χ2v) is 9.23. The van der Waals surface area contributed by atoms with Crippen LogP contribution in [0.4, 0.5) is 5.69 Å². The fourth-order valence-electron chi connectivity index (χ4n) is 4.85. The molecular weight excluding hydrogens is 480 g/mol. The molecule has 1 aliphatic rings. The van der Waals surface area contributed by atoms with Crippen LogP contribution in [0.3, 0.4) is 0 Å². The summed E-state index contributed by atoms with van der Waals surface area (Å²) in [6, 6.07) is 14.6. The van der Waals surface area contributed by atoms with Crippen LogP contribution in [0.15, 0.2) is 52.0 Å². The number of nitriles is 1. The lowest BCUT2D eigenvalue weighted by atomic mass is 10.1. The molecule has 0 atom stereocenters. The molecule has 33 heavy (non-hydrogen) atoms. The predicted molar refractivity (Wildman–Crippen MR) is 135 cm³/mol. The van der Waals surface area contributed by atoms with Crippen molar-refractivity contribution in [3.05, 3.63) is 68.7 Å². The van der Waals surface area contributed by atoms with Crippen molar-refractivity contribution in [1.29, 1.82) is 5.26 Å². The number of fused-ring (bicyclic) bond motifs is 2. The molecular formula is C25H25BrN6O. The van der Waals surface area contributed by atoms with Crippen LogP contribution in [0.25, 0.3) is 21.9 Å². The average molecular weight is 505 g/mol. The maximum atomic E-state index is 12.9. The average Bonchev–Trinajstić information content (AvgIpc) is 3.26. The molecule has 168 valence electrons. The summed E-state index contributed by atoms with van der Waals surface area (Å²) in [6.07, 6.45) is 2.15. The fourth-order valence-corrected chi connectivity index (χ4v) is 5.16. The Labute approximate surface area is 200 Å². The van der Waals surface area contributed by atoms with E-state index >= 15 is 0 Å². The van der Waals surface area contributed by atoms with Gasteiger partial charge in [-0.15, -0.1) is 0 Å². The first-order valence-electron chi connectivity index (χ1n) is 11.1. The second kappa shape index (κ2) is 8.65. The molecule has 1 fully saturated rings. The van der Waals surface area contributed by atoms with Crippen molar-refractivity contribution in [2.75, 3.05) is 31.1 Å². The predicted octanol–water partition coefficient (Wildman–Crippen LogP) is 3.86. The van der Waals surface area contributed by atoms with E-state index in [1.54, 1.807) is 7.05 Å². The fraction of sp³-hybridized carbons (Fsp3) is 0.320. The van der Waals surface area contributed by atoms with Crippen LogP contribution in [0.1, 0.15) is 18.1 Å².